The molecule has 4 nitrogen and oxygen atoms in total. The summed E-state index contributed by atoms with van der Waals surface area (Å²) in [6, 6.07) is 19.8. The second kappa shape index (κ2) is 8.26. The number of nitriles is 1. The molecule has 4 rings (SSSR count). The fraction of sp³-hybridized carbons (Fsp3) is 0.0909. The van der Waals surface area contributed by atoms with E-state index in [1.165, 1.54) is 11.3 Å². The van der Waals surface area contributed by atoms with Gasteiger partial charge in [0.25, 0.3) is 0 Å². The van der Waals surface area contributed by atoms with Crippen molar-refractivity contribution in [1.29, 1.82) is 5.26 Å². The zero-order valence-corrected chi connectivity index (χ0v) is 16.7. The van der Waals surface area contributed by atoms with Gasteiger partial charge in [-0.05, 0) is 47.4 Å². The lowest BCUT2D eigenvalue weighted by Crippen LogP contribution is -1.96. The Kier molecular flexibility index (Phi) is 5.38. The Morgan fingerprint density at radius 1 is 1.14 bits per heavy atom. The van der Waals surface area contributed by atoms with Crippen LogP contribution in [0.2, 0.25) is 0 Å². The van der Waals surface area contributed by atoms with Crippen molar-refractivity contribution in [1.82, 2.24) is 4.98 Å². The molecule has 0 amide bonds. The minimum absolute atomic E-state index is 0.498. The molecule has 6 heteroatoms. The highest BCUT2D eigenvalue weighted by atomic mass is 32.1. The van der Waals surface area contributed by atoms with Crippen molar-refractivity contribution in [2.24, 2.45) is 0 Å². The highest BCUT2D eigenvalue weighted by Crippen LogP contribution is 2.32. The minimum atomic E-state index is 0.498. The van der Waals surface area contributed by atoms with Gasteiger partial charge >= 0.3 is 0 Å². The summed E-state index contributed by atoms with van der Waals surface area (Å²) in [5.74, 6) is 1.30. The van der Waals surface area contributed by atoms with Gasteiger partial charge in [-0.15, -0.1) is 22.7 Å². The SMILES string of the molecule is COc1cc(/C=C(\C#N)c2nc3ccccc3s2)ccc1OCc1cccs1. The topological polar surface area (TPSA) is 55.1 Å². The molecule has 0 saturated heterocycles. The Morgan fingerprint density at radius 3 is 2.79 bits per heavy atom. The molecule has 2 heterocycles. The number of rotatable bonds is 6. The molecule has 2 aromatic carbocycles. The van der Waals surface area contributed by atoms with E-state index in [0.29, 0.717) is 28.7 Å². The first-order valence-electron chi connectivity index (χ1n) is 8.58. The van der Waals surface area contributed by atoms with Crippen molar-refractivity contribution in [2.75, 3.05) is 7.11 Å². The van der Waals surface area contributed by atoms with Crippen LogP contribution in [0.1, 0.15) is 15.4 Å². The van der Waals surface area contributed by atoms with Crippen LogP contribution in [-0.2, 0) is 6.61 Å². The number of ether oxygens (including phenoxy) is 2. The molecule has 4 aromatic rings. The molecular weight excluding hydrogens is 388 g/mol. The van der Waals surface area contributed by atoms with Crippen LogP contribution in [0, 0.1) is 11.3 Å². The normalized spacial score (nSPS) is 11.4. The minimum Gasteiger partial charge on any atom is -0.493 e. The van der Waals surface area contributed by atoms with Crippen molar-refractivity contribution in [3.05, 3.63) is 75.4 Å². The summed E-state index contributed by atoms with van der Waals surface area (Å²) in [7, 11) is 1.61. The number of hydrogen-bond donors (Lipinski definition) is 0. The van der Waals surface area contributed by atoms with Crippen molar-refractivity contribution >= 4 is 44.5 Å². The van der Waals surface area contributed by atoms with E-state index >= 15 is 0 Å². The van der Waals surface area contributed by atoms with Crippen LogP contribution in [0.5, 0.6) is 11.5 Å². The number of thiophene rings is 1. The highest BCUT2D eigenvalue weighted by molar-refractivity contribution is 7.19. The van der Waals surface area contributed by atoms with Gasteiger partial charge in [-0.25, -0.2) is 4.98 Å². The number of thiazole rings is 1. The molecule has 28 heavy (non-hydrogen) atoms. The van der Waals surface area contributed by atoms with E-state index in [0.717, 1.165) is 20.7 Å². The van der Waals surface area contributed by atoms with Crippen LogP contribution < -0.4 is 9.47 Å². The van der Waals surface area contributed by atoms with Gasteiger partial charge < -0.3 is 9.47 Å². The molecule has 0 saturated carbocycles. The van der Waals surface area contributed by atoms with Gasteiger partial charge in [-0.3, -0.25) is 0 Å². The first kappa shape index (κ1) is 18.2. The third-order valence-corrected chi connectivity index (χ3v) is 6.01. The third kappa shape index (κ3) is 3.91. The first-order valence-corrected chi connectivity index (χ1v) is 10.3. The molecule has 0 unspecified atom stereocenters. The summed E-state index contributed by atoms with van der Waals surface area (Å²) in [6.45, 7) is 0.498. The average molecular weight is 405 g/mol. The number of para-hydroxylation sites is 1. The second-order valence-electron chi connectivity index (χ2n) is 5.93. The Labute approximate surface area is 170 Å². The monoisotopic (exact) mass is 404 g/mol. The zero-order valence-electron chi connectivity index (χ0n) is 15.1. The van der Waals surface area contributed by atoms with Gasteiger partial charge in [-0.1, -0.05) is 24.3 Å². The maximum atomic E-state index is 9.63. The number of nitrogens with zero attached hydrogens (tertiary/aromatic N) is 2. The van der Waals surface area contributed by atoms with Gasteiger partial charge in [-0.2, -0.15) is 5.26 Å². The van der Waals surface area contributed by atoms with E-state index in [2.05, 4.69) is 11.1 Å². The number of methoxy groups -OCH3 is 1. The van der Waals surface area contributed by atoms with Gasteiger partial charge in [0, 0.05) is 4.88 Å². The summed E-state index contributed by atoms with van der Waals surface area (Å²) < 4.78 is 12.4. The predicted octanol–water partition coefficient (Wildman–Crippen LogP) is 6.01. The van der Waals surface area contributed by atoms with Crippen LogP contribution >= 0.6 is 22.7 Å². The zero-order chi connectivity index (χ0) is 19.3. The number of allylic oxidation sites excluding steroid dienone is 1. The lowest BCUT2D eigenvalue weighted by molar-refractivity contribution is 0.287. The number of benzene rings is 2. The van der Waals surface area contributed by atoms with Gasteiger partial charge in [0.1, 0.15) is 17.7 Å². The number of fused-ring (bicyclic) bond motifs is 1. The summed E-state index contributed by atoms with van der Waals surface area (Å²) in [5, 5.41) is 12.4. The Balaban J connectivity index is 1.61. The van der Waals surface area contributed by atoms with Crippen LogP contribution in [-0.4, -0.2) is 12.1 Å². The van der Waals surface area contributed by atoms with Crippen LogP contribution in [0.4, 0.5) is 0 Å². The predicted molar refractivity (Wildman–Crippen MR) is 115 cm³/mol. The average Bonchev–Trinajstić information content (AvgIpc) is 3.40. The molecular formula is C22H16N2O2S2. The smallest absolute Gasteiger partial charge is 0.161 e. The maximum Gasteiger partial charge on any atom is 0.161 e. The van der Waals surface area contributed by atoms with Crippen molar-refractivity contribution in [3.63, 3.8) is 0 Å². The van der Waals surface area contributed by atoms with E-state index in [1.54, 1.807) is 18.4 Å². The fourth-order valence-corrected chi connectivity index (χ4v) is 4.28. The van der Waals surface area contributed by atoms with E-state index in [-0.39, 0.29) is 0 Å². The standard InChI is InChI=1S/C22H16N2O2S2/c1-25-20-12-15(8-9-19(20)26-14-17-5-4-10-27-17)11-16(13-23)22-24-18-6-2-3-7-21(18)28-22/h2-12H,14H2,1H3/b16-11+. The maximum absolute atomic E-state index is 9.63. The van der Waals surface area contributed by atoms with E-state index in [9.17, 15) is 5.26 Å². The molecule has 0 spiro atoms. The Bertz CT molecular complexity index is 1140. The molecule has 0 aliphatic heterocycles. The number of hydrogen-bond acceptors (Lipinski definition) is 6. The third-order valence-electron chi connectivity index (χ3n) is 4.09. The molecule has 0 radical (unpaired) electrons. The molecule has 0 N–H and O–H groups in total. The summed E-state index contributed by atoms with van der Waals surface area (Å²) in [5.41, 5.74) is 2.28. The molecule has 0 fully saturated rings. The molecule has 2 aromatic heterocycles. The van der Waals surface area contributed by atoms with Gasteiger partial charge in [0.15, 0.2) is 11.5 Å². The first-order chi connectivity index (χ1) is 13.8. The lowest BCUT2D eigenvalue weighted by Gasteiger charge is -2.10. The molecule has 0 bridgehead atoms. The Morgan fingerprint density at radius 2 is 2.04 bits per heavy atom. The van der Waals surface area contributed by atoms with E-state index < -0.39 is 0 Å². The van der Waals surface area contributed by atoms with Crippen LogP contribution in [0.15, 0.2) is 60.0 Å². The Hall–Kier alpha value is -3.14. The van der Waals surface area contributed by atoms with Crippen LogP contribution in [0.25, 0.3) is 21.9 Å². The summed E-state index contributed by atoms with van der Waals surface area (Å²) >= 11 is 3.16. The fourth-order valence-electron chi connectivity index (χ4n) is 2.73. The molecule has 138 valence electrons. The van der Waals surface area contributed by atoms with Crippen molar-refractivity contribution in [3.8, 4) is 17.6 Å². The molecule has 0 aliphatic rings. The van der Waals surface area contributed by atoms with Crippen molar-refractivity contribution < 1.29 is 9.47 Å². The number of aromatic nitrogens is 1. The van der Waals surface area contributed by atoms with E-state index in [4.69, 9.17) is 9.47 Å². The van der Waals surface area contributed by atoms with E-state index in [1.807, 2.05) is 66.1 Å². The second-order valence-corrected chi connectivity index (χ2v) is 8.00. The molecule has 0 atom stereocenters. The summed E-state index contributed by atoms with van der Waals surface area (Å²) in [6.07, 6.45) is 1.82. The van der Waals surface area contributed by atoms with Crippen molar-refractivity contribution in [2.45, 2.75) is 6.61 Å². The van der Waals surface area contributed by atoms with Crippen LogP contribution in [0.3, 0.4) is 0 Å². The molecule has 0 aliphatic carbocycles. The van der Waals surface area contributed by atoms with Gasteiger partial charge in [0.2, 0.25) is 0 Å². The summed E-state index contributed by atoms with van der Waals surface area (Å²) in [4.78, 5) is 5.72. The lowest BCUT2D eigenvalue weighted by atomic mass is 10.1. The quantitative estimate of drug-likeness (QED) is 0.369. The van der Waals surface area contributed by atoms with Gasteiger partial charge in [0.05, 0.1) is 22.9 Å². The highest BCUT2D eigenvalue weighted by Gasteiger charge is 2.10. The largest absolute Gasteiger partial charge is 0.493 e.